The van der Waals surface area contributed by atoms with Gasteiger partial charge in [0, 0.05) is 24.6 Å². The molecule has 1 atom stereocenters. The minimum Gasteiger partial charge on any atom is -0.356 e. The van der Waals surface area contributed by atoms with Crippen LogP contribution >= 0.6 is 0 Å². The van der Waals surface area contributed by atoms with E-state index in [0.29, 0.717) is 12.8 Å². The fourth-order valence-corrected chi connectivity index (χ4v) is 2.44. The second kappa shape index (κ2) is 7.08. The molecule has 20 heavy (non-hydrogen) atoms. The molecule has 0 bridgehead atoms. The highest BCUT2D eigenvalue weighted by atomic mass is 16.2. The van der Waals surface area contributed by atoms with Gasteiger partial charge in [0.15, 0.2) is 0 Å². The van der Waals surface area contributed by atoms with Crippen LogP contribution in [-0.4, -0.2) is 18.4 Å². The highest BCUT2D eigenvalue weighted by Crippen LogP contribution is 2.27. The van der Waals surface area contributed by atoms with Crippen LogP contribution in [0.3, 0.4) is 0 Å². The number of nitrogens with one attached hydrogen (secondary N) is 2. The Kier molecular flexibility index (Phi) is 5.16. The minimum atomic E-state index is -0.0955. The number of unbranched alkanes of at least 4 members (excludes halogenated alkanes) is 1. The van der Waals surface area contributed by atoms with E-state index in [1.807, 2.05) is 24.3 Å². The Bertz CT molecular complexity index is 485. The summed E-state index contributed by atoms with van der Waals surface area (Å²) in [6, 6.07) is 7.84. The van der Waals surface area contributed by atoms with E-state index in [-0.39, 0.29) is 17.7 Å². The first-order chi connectivity index (χ1) is 9.70. The maximum atomic E-state index is 12.0. The molecule has 2 rings (SSSR count). The van der Waals surface area contributed by atoms with Crippen LogP contribution in [0.25, 0.3) is 0 Å². The Morgan fingerprint density at radius 3 is 3.00 bits per heavy atom. The van der Waals surface area contributed by atoms with Gasteiger partial charge in [-0.15, -0.1) is 0 Å². The highest BCUT2D eigenvalue weighted by molar-refractivity contribution is 5.96. The van der Waals surface area contributed by atoms with Crippen LogP contribution < -0.4 is 10.6 Å². The zero-order chi connectivity index (χ0) is 14.4. The molecule has 0 radical (unpaired) electrons. The first-order valence-electron chi connectivity index (χ1n) is 7.36. The van der Waals surface area contributed by atoms with Crippen molar-refractivity contribution in [1.29, 1.82) is 0 Å². The lowest BCUT2D eigenvalue weighted by atomic mass is 9.89. The van der Waals surface area contributed by atoms with Crippen molar-refractivity contribution in [2.24, 2.45) is 5.92 Å². The molecule has 0 fully saturated rings. The third-order valence-corrected chi connectivity index (χ3v) is 3.68. The van der Waals surface area contributed by atoms with E-state index in [2.05, 4.69) is 17.6 Å². The van der Waals surface area contributed by atoms with E-state index >= 15 is 0 Å². The number of para-hydroxylation sites is 1. The van der Waals surface area contributed by atoms with Crippen LogP contribution in [0, 0.1) is 5.92 Å². The Morgan fingerprint density at radius 1 is 1.40 bits per heavy atom. The number of hydrogen-bond donors (Lipinski definition) is 2. The summed E-state index contributed by atoms with van der Waals surface area (Å²) in [7, 11) is 0. The van der Waals surface area contributed by atoms with Crippen LogP contribution in [0.2, 0.25) is 0 Å². The average molecular weight is 274 g/mol. The summed E-state index contributed by atoms with van der Waals surface area (Å²) in [4.78, 5) is 23.7. The fraction of sp³-hybridized carbons (Fsp3) is 0.500. The van der Waals surface area contributed by atoms with Gasteiger partial charge in [0.05, 0.1) is 0 Å². The third kappa shape index (κ3) is 3.83. The number of carbonyl (C=O) groups excluding carboxylic acids is 2. The van der Waals surface area contributed by atoms with E-state index in [4.69, 9.17) is 0 Å². The second-order valence-corrected chi connectivity index (χ2v) is 5.29. The van der Waals surface area contributed by atoms with Gasteiger partial charge in [-0.1, -0.05) is 31.5 Å². The van der Waals surface area contributed by atoms with Crippen LogP contribution in [0.1, 0.15) is 38.2 Å². The molecule has 1 aliphatic rings. The van der Waals surface area contributed by atoms with E-state index < -0.39 is 0 Å². The monoisotopic (exact) mass is 274 g/mol. The van der Waals surface area contributed by atoms with E-state index in [1.54, 1.807) is 0 Å². The smallest absolute Gasteiger partial charge is 0.227 e. The Balaban J connectivity index is 1.82. The zero-order valence-corrected chi connectivity index (χ0v) is 11.9. The van der Waals surface area contributed by atoms with Crippen molar-refractivity contribution in [2.75, 3.05) is 11.9 Å². The first-order valence-corrected chi connectivity index (χ1v) is 7.36. The summed E-state index contributed by atoms with van der Waals surface area (Å²) in [5.74, 6) is -0.0167. The molecule has 1 unspecified atom stereocenters. The molecule has 2 N–H and O–H groups in total. The molecular weight excluding hydrogens is 252 g/mol. The van der Waals surface area contributed by atoms with Crippen LogP contribution in [-0.2, 0) is 16.0 Å². The van der Waals surface area contributed by atoms with Gasteiger partial charge >= 0.3 is 0 Å². The third-order valence-electron chi connectivity index (χ3n) is 3.68. The molecule has 1 heterocycles. The van der Waals surface area contributed by atoms with Crippen molar-refractivity contribution in [3.63, 3.8) is 0 Å². The first kappa shape index (κ1) is 14.6. The average Bonchev–Trinajstić information content (AvgIpc) is 2.45. The molecule has 0 saturated carbocycles. The standard InChI is InChI=1S/C16H22N2O2/c1-2-3-10-17-15(19)9-8-13-11-12-6-4-5-7-14(12)18-16(13)20/h4-7,13H,2-3,8-11H2,1H3,(H,17,19)(H,18,20). The van der Waals surface area contributed by atoms with Crippen LogP contribution in [0.4, 0.5) is 5.69 Å². The van der Waals surface area contributed by atoms with E-state index in [9.17, 15) is 9.59 Å². The summed E-state index contributed by atoms with van der Waals surface area (Å²) >= 11 is 0. The van der Waals surface area contributed by atoms with Gasteiger partial charge in [-0.3, -0.25) is 9.59 Å². The van der Waals surface area contributed by atoms with Gasteiger partial charge in [-0.05, 0) is 30.9 Å². The summed E-state index contributed by atoms with van der Waals surface area (Å²) in [6.45, 7) is 2.82. The molecule has 2 amide bonds. The van der Waals surface area contributed by atoms with Gasteiger partial charge in [-0.25, -0.2) is 0 Å². The molecule has 1 aromatic rings. The lowest BCUT2D eigenvalue weighted by Crippen LogP contribution is -2.32. The second-order valence-electron chi connectivity index (χ2n) is 5.29. The van der Waals surface area contributed by atoms with Crippen molar-refractivity contribution < 1.29 is 9.59 Å². The van der Waals surface area contributed by atoms with Crippen molar-refractivity contribution >= 4 is 17.5 Å². The number of anilines is 1. The SMILES string of the molecule is CCCCNC(=O)CCC1Cc2ccccc2NC1=O. The number of fused-ring (bicyclic) bond motifs is 1. The van der Waals surface area contributed by atoms with Crippen molar-refractivity contribution in [2.45, 2.75) is 39.0 Å². The summed E-state index contributed by atoms with van der Waals surface area (Å²) in [6.07, 6.45) is 3.83. The van der Waals surface area contributed by atoms with Crippen molar-refractivity contribution in [3.8, 4) is 0 Å². The Hall–Kier alpha value is -1.84. The van der Waals surface area contributed by atoms with Gasteiger partial charge < -0.3 is 10.6 Å². The Morgan fingerprint density at radius 2 is 2.20 bits per heavy atom. The van der Waals surface area contributed by atoms with E-state index in [0.717, 1.165) is 37.1 Å². The molecule has 0 aliphatic carbocycles. The normalized spacial score (nSPS) is 17.2. The number of benzene rings is 1. The summed E-state index contributed by atoms with van der Waals surface area (Å²) in [5.41, 5.74) is 2.06. The lowest BCUT2D eigenvalue weighted by Gasteiger charge is -2.24. The van der Waals surface area contributed by atoms with Gasteiger partial charge in [0.2, 0.25) is 11.8 Å². The largest absolute Gasteiger partial charge is 0.356 e. The Labute approximate surface area is 119 Å². The fourth-order valence-electron chi connectivity index (χ4n) is 2.44. The molecule has 1 aromatic carbocycles. The molecule has 0 spiro atoms. The maximum Gasteiger partial charge on any atom is 0.227 e. The predicted molar refractivity (Wildman–Crippen MR) is 79.4 cm³/mol. The zero-order valence-electron chi connectivity index (χ0n) is 11.9. The molecule has 108 valence electrons. The number of amides is 2. The van der Waals surface area contributed by atoms with Crippen LogP contribution in [0.15, 0.2) is 24.3 Å². The number of hydrogen-bond acceptors (Lipinski definition) is 2. The molecule has 4 heteroatoms. The minimum absolute atomic E-state index is 0.0325. The van der Waals surface area contributed by atoms with E-state index in [1.165, 1.54) is 0 Å². The predicted octanol–water partition coefficient (Wildman–Crippen LogP) is 2.49. The highest BCUT2D eigenvalue weighted by Gasteiger charge is 2.25. The van der Waals surface area contributed by atoms with Gasteiger partial charge in [-0.2, -0.15) is 0 Å². The van der Waals surface area contributed by atoms with Crippen LogP contribution in [0.5, 0.6) is 0 Å². The molecule has 1 aliphatic heterocycles. The maximum absolute atomic E-state index is 12.0. The molecule has 0 saturated heterocycles. The summed E-state index contributed by atoms with van der Waals surface area (Å²) < 4.78 is 0. The quantitative estimate of drug-likeness (QED) is 0.783. The topological polar surface area (TPSA) is 58.2 Å². The number of rotatable bonds is 6. The van der Waals surface area contributed by atoms with Crippen molar-refractivity contribution in [3.05, 3.63) is 29.8 Å². The number of carbonyl (C=O) groups is 2. The summed E-state index contributed by atoms with van der Waals surface area (Å²) in [5, 5.41) is 5.80. The lowest BCUT2D eigenvalue weighted by molar-refractivity contribution is -0.122. The molecular formula is C16H22N2O2. The molecule has 0 aromatic heterocycles. The van der Waals surface area contributed by atoms with Crippen molar-refractivity contribution in [1.82, 2.24) is 5.32 Å². The van der Waals surface area contributed by atoms with Gasteiger partial charge in [0.1, 0.15) is 0 Å². The molecule has 4 nitrogen and oxygen atoms in total. The van der Waals surface area contributed by atoms with Gasteiger partial charge in [0.25, 0.3) is 0 Å².